The maximum atomic E-state index is 12.0. The highest BCUT2D eigenvalue weighted by molar-refractivity contribution is 7.99. The summed E-state index contributed by atoms with van der Waals surface area (Å²) < 4.78 is 5.25. The molecule has 2 heterocycles. The Balaban J connectivity index is 1.58. The van der Waals surface area contributed by atoms with Crippen LogP contribution in [0.15, 0.2) is 45.7 Å². The predicted molar refractivity (Wildman–Crippen MR) is 95.8 cm³/mol. The number of amides is 1. The molecule has 6 nitrogen and oxygen atoms in total. The average molecular weight is 361 g/mol. The molecular weight excluding hydrogens is 346 g/mol. The molecule has 0 fully saturated rings. The predicted octanol–water partition coefficient (Wildman–Crippen LogP) is 2.40. The Kier molecular flexibility index (Phi) is 5.17. The lowest BCUT2D eigenvalue weighted by molar-refractivity contribution is -0.118. The number of nitrogens with one attached hydrogen (secondary N) is 2. The Hall–Kier alpha value is -2.32. The second kappa shape index (κ2) is 7.50. The van der Waals surface area contributed by atoms with E-state index in [-0.39, 0.29) is 17.2 Å². The van der Waals surface area contributed by atoms with Crippen LogP contribution >= 0.6 is 23.1 Å². The van der Waals surface area contributed by atoms with Gasteiger partial charge in [-0.1, -0.05) is 30.0 Å². The number of hydrogen-bond donors (Lipinski definition) is 2. The van der Waals surface area contributed by atoms with Gasteiger partial charge in [0.2, 0.25) is 5.91 Å². The van der Waals surface area contributed by atoms with Gasteiger partial charge in [0.25, 0.3) is 5.56 Å². The number of carbonyl (C=O) groups excluding carboxylic acids is 1. The van der Waals surface area contributed by atoms with Gasteiger partial charge < -0.3 is 15.0 Å². The first-order chi connectivity index (χ1) is 11.7. The smallest absolute Gasteiger partial charge is 0.260 e. The molecule has 0 aliphatic heterocycles. The third-order valence-corrected chi connectivity index (χ3v) is 5.00. The van der Waals surface area contributed by atoms with Crippen molar-refractivity contribution in [3.8, 4) is 5.75 Å². The van der Waals surface area contributed by atoms with Gasteiger partial charge in [-0.15, -0.1) is 11.3 Å². The number of benzene rings is 1. The maximum Gasteiger partial charge on any atom is 0.260 e. The summed E-state index contributed by atoms with van der Waals surface area (Å²) in [6, 6.07) is 9.25. The molecule has 1 amide bonds. The van der Waals surface area contributed by atoms with E-state index in [2.05, 4.69) is 15.3 Å². The third-order valence-electron chi connectivity index (χ3n) is 3.32. The number of hydrogen-bond acceptors (Lipinski definition) is 6. The summed E-state index contributed by atoms with van der Waals surface area (Å²) in [6.07, 6.45) is 0. The molecule has 0 atom stereocenters. The van der Waals surface area contributed by atoms with Gasteiger partial charge in [-0.3, -0.25) is 9.59 Å². The van der Waals surface area contributed by atoms with E-state index in [1.165, 1.54) is 23.1 Å². The first-order valence-electron chi connectivity index (χ1n) is 7.16. The lowest BCUT2D eigenvalue weighted by atomic mass is 10.2. The molecule has 0 spiro atoms. The highest BCUT2D eigenvalue weighted by atomic mass is 32.2. The number of H-pyrrole nitrogens is 1. The fraction of sp³-hybridized carbons (Fsp3) is 0.188. The summed E-state index contributed by atoms with van der Waals surface area (Å²) in [4.78, 5) is 31.6. The van der Waals surface area contributed by atoms with Crippen molar-refractivity contribution in [2.45, 2.75) is 11.7 Å². The number of para-hydroxylation sites is 1. The van der Waals surface area contributed by atoms with E-state index in [1.807, 2.05) is 29.6 Å². The Bertz CT molecular complexity index is 920. The van der Waals surface area contributed by atoms with E-state index in [9.17, 15) is 9.59 Å². The number of aromatic nitrogens is 2. The van der Waals surface area contributed by atoms with Crippen LogP contribution in [-0.4, -0.2) is 28.7 Å². The van der Waals surface area contributed by atoms with E-state index in [1.54, 1.807) is 13.2 Å². The second-order valence-electron chi connectivity index (χ2n) is 4.89. The topological polar surface area (TPSA) is 84.1 Å². The summed E-state index contributed by atoms with van der Waals surface area (Å²) in [5.41, 5.74) is 0.725. The molecule has 3 rings (SSSR count). The first kappa shape index (κ1) is 16.5. The van der Waals surface area contributed by atoms with Crippen LogP contribution in [0.2, 0.25) is 0 Å². The lowest BCUT2D eigenvalue weighted by Crippen LogP contribution is -2.25. The molecule has 8 heteroatoms. The van der Waals surface area contributed by atoms with E-state index in [0.29, 0.717) is 21.9 Å². The Morgan fingerprint density at radius 2 is 2.21 bits per heavy atom. The van der Waals surface area contributed by atoms with Crippen LogP contribution in [0.4, 0.5) is 0 Å². The molecule has 24 heavy (non-hydrogen) atoms. The standard InChI is InChI=1S/C16H15N3O3S2/c1-22-12-5-3-2-4-10(12)8-17-13(20)9-24-16-18-14(21)11-6-7-23-15(11)19-16/h2-7H,8-9H2,1H3,(H,17,20)(H,18,19,21). The Labute approximate surface area is 146 Å². The van der Waals surface area contributed by atoms with Crippen molar-refractivity contribution in [3.63, 3.8) is 0 Å². The van der Waals surface area contributed by atoms with Gasteiger partial charge in [-0.25, -0.2) is 4.98 Å². The van der Waals surface area contributed by atoms with Crippen molar-refractivity contribution in [1.29, 1.82) is 0 Å². The van der Waals surface area contributed by atoms with Crippen LogP contribution in [0.25, 0.3) is 10.2 Å². The molecule has 0 aliphatic rings. The number of thiophene rings is 1. The molecule has 0 saturated carbocycles. The monoisotopic (exact) mass is 361 g/mol. The van der Waals surface area contributed by atoms with Crippen molar-refractivity contribution in [2.24, 2.45) is 0 Å². The fourth-order valence-corrected chi connectivity index (χ4v) is 3.65. The quantitative estimate of drug-likeness (QED) is 0.520. The molecule has 0 unspecified atom stereocenters. The number of ether oxygens (including phenoxy) is 1. The summed E-state index contributed by atoms with van der Waals surface area (Å²) in [6.45, 7) is 0.386. The second-order valence-corrected chi connectivity index (χ2v) is 6.75. The molecule has 0 saturated heterocycles. The molecule has 124 valence electrons. The summed E-state index contributed by atoms with van der Waals surface area (Å²) in [7, 11) is 1.60. The normalized spacial score (nSPS) is 10.7. The number of carbonyl (C=O) groups is 1. The number of thioether (sulfide) groups is 1. The molecule has 0 bridgehead atoms. The fourth-order valence-electron chi connectivity index (χ4n) is 2.14. The highest BCUT2D eigenvalue weighted by Crippen LogP contribution is 2.19. The van der Waals surface area contributed by atoms with Crippen molar-refractivity contribution < 1.29 is 9.53 Å². The van der Waals surface area contributed by atoms with Gasteiger partial charge in [0.1, 0.15) is 10.6 Å². The maximum absolute atomic E-state index is 12.0. The number of fused-ring (bicyclic) bond motifs is 1. The third kappa shape index (κ3) is 3.77. The summed E-state index contributed by atoms with van der Waals surface area (Å²) in [5, 5.41) is 5.68. The van der Waals surface area contributed by atoms with Crippen LogP contribution in [0.3, 0.4) is 0 Å². The minimum atomic E-state index is -0.182. The van der Waals surface area contributed by atoms with E-state index in [0.717, 1.165) is 11.3 Å². The van der Waals surface area contributed by atoms with Crippen molar-refractivity contribution in [3.05, 3.63) is 51.6 Å². The van der Waals surface area contributed by atoms with Gasteiger partial charge in [-0.05, 0) is 17.5 Å². The van der Waals surface area contributed by atoms with Crippen LogP contribution in [0.5, 0.6) is 5.75 Å². The first-order valence-corrected chi connectivity index (χ1v) is 9.03. The Morgan fingerprint density at radius 1 is 1.38 bits per heavy atom. The zero-order valence-electron chi connectivity index (χ0n) is 12.9. The van der Waals surface area contributed by atoms with Crippen molar-refractivity contribution in [2.75, 3.05) is 12.9 Å². The van der Waals surface area contributed by atoms with Crippen LogP contribution in [0.1, 0.15) is 5.56 Å². The van der Waals surface area contributed by atoms with Crippen LogP contribution in [0, 0.1) is 0 Å². The molecule has 2 aromatic heterocycles. The Morgan fingerprint density at radius 3 is 3.04 bits per heavy atom. The van der Waals surface area contributed by atoms with Gasteiger partial charge >= 0.3 is 0 Å². The molecular formula is C16H15N3O3S2. The summed E-state index contributed by atoms with van der Waals surface area (Å²) in [5.74, 6) is 0.772. The highest BCUT2D eigenvalue weighted by Gasteiger charge is 2.09. The average Bonchev–Trinajstić information content (AvgIpc) is 3.07. The van der Waals surface area contributed by atoms with Crippen LogP contribution < -0.4 is 15.6 Å². The summed E-state index contributed by atoms with van der Waals surface area (Å²) >= 11 is 2.61. The van der Waals surface area contributed by atoms with Crippen LogP contribution in [-0.2, 0) is 11.3 Å². The SMILES string of the molecule is COc1ccccc1CNC(=O)CSc1nc2sccc2c(=O)[nH]1. The zero-order chi connectivity index (χ0) is 16.9. The number of aromatic amines is 1. The van der Waals surface area contributed by atoms with Gasteiger partial charge in [0.05, 0.1) is 18.2 Å². The number of rotatable bonds is 6. The lowest BCUT2D eigenvalue weighted by Gasteiger charge is -2.09. The molecule has 1 aromatic carbocycles. The van der Waals surface area contributed by atoms with Crippen molar-refractivity contribution in [1.82, 2.24) is 15.3 Å². The number of nitrogens with zero attached hydrogens (tertiary/aromatic N) is 1. The zero-order valence-corrected chi connectivity index (χ0v) is 14.5. The largest absolute Gasteiger partial charge is 0.496 e. The number of methoxy groups -OCH3 is 1. The molecule has 0 aliphatic carbocycles. The van der Waals surface area contributed by atoms with Gasteiger partial charge in [0.15, 0.2) is 5.16 Å². The van der Waals surface area contributed by atoms with E-state index in [4.69, 9.17) is 4.74 Å². The molecule has 0 radical (unpaired) electrons. The molecule has 3 aromatic rings. The van der Waals surface area contributed by atoms with Gasteiger partial charge in [0, 0.05) is 12.1 Å². The van der Waals surface area contributed by atoms with Gasteiger partial charge in [-0.2, -0.15) is 0 Å². The van der Waals surface area contributed by atoms with Crippen molar-refractivity contribution >= 4 is 39.2 Å². The minimum absolute atomic E-state index is 0.139. The molecule has 2 N–H and O–H groups in total. The van der Waals surface area contributed by atoms with E-state index < -0.39 is 0 Å². The van der Waals surface area contributed by atoms with E-state index >= 15 is 0 Å². The minimum Gasteiger partial charge on any atom is -0.496 e.